The van der Waals surface area contributed by atoms with Crippen LogP contribution in [-0.4, -0.2) is 18.1 Å². The number of aromatic nitrogens is 1. The van der Waals surface area contributed by atoms with Gasteiger partial charge < -0.3 is 9.73 Å². The minimum Gasteiger partial charge on any atom is -0.433 e. The Bertz CT molecular complexity index is 589. The summed E-state index contributed by atoms with van der Waals surface area (Å²) < 4.78 is 42.5. The Morgan fingerprint density at radius 3 is 2.72 bits per heavy atom. The number of nitrogens with one attached hydrogen (secondary N) is 1. The van der Waals surface area contributed by atoms with E-state index in [0.717, 1.165) is 30.6 Å². The number of hydrogen-bond donors (Lipinski definition) is 1. The molecule has 1 aliphatic rings. The smallest absolute Gasteiger partial charge is 0.433 e. The molecule has 0 fully saturated rings. The zero-order valence-corrected chi connectivity index (χ0v) is 9.47. The maximum Gasteiger partial charge on any atom is 0.468 e. The van der Waals surface area contributed by atoms with Crippen LogP contribution in [0, 0.1) is 0 Å². The molecule has 96 valence electrons. The van der Waals surface area contributed by atoms with Crippen LogP contribution in [0.25, 0.3) is 11.1 Å². The summed E-state index contributed by atoms with van der Waals surface area (Å²) in [4.78, 5) is 3.62. The highest BCUT2D eigenvalue weighted by molar-refractivity contribution is 5.78. The number of oxazole rings is 1. The van der Waals surface area contributed by atoms with Crippen LogP contribution < -0.4 is 5.32 Å². The van der Waals surface area contributed by atoms with Crippen molar-refractivity contribution >= 4 is 11.1 Å². The molecule has 3 rings (SSSR count). The molecule has 1 N–H and O–H groups in total. The number of hydrogen-bond acceptors (Lipinski definition) is 3. The first-order valence-electron chi connectivity index (χ1n) is 5.75. The standard InChI is InChI=1S/C12H11F3N2O/c13-12(14,15)11-17-10-8-4-6-16-5-3-7(8)1-2-9(10)18-11/h1-2,16H,3-6H2. The Balaban J connectivity index is 2.19. The van der Waals surface area contributed by atoms with Crippen molar-refractivity contribution in [1.82, 2.24) is 10.3 Å². The summed E-state index contributed by atoms with van der Waals surface area (Å²) in [6, 6.07) is 3.40. The highest BCUT2D eigenvalue weighted by atomic mass is 19.4. The first-order chi connectivity index (χ1) is 8.55. The lowest BCUT2D eigenvalue weighted by atomic mass is 10.0. The van der Waals surface area contributed by atoms with Crippen LogP contribution in [-0.2, 0) is 19.0 Å². The second-order valence-corrected chi connectivity index (χ2v) is 4.32. The van der Waals surface area contributed by atoms with E-state index in [1.165, 1.54) is 0 Å². The van der Waals surface area contributed by atoms with Gasteiger partial charge in [0, 0.05) is 0 Å². The summed E-state index contributed by atoms with van der Waals surface area (Å²) in [7, 11) is 0. The van der Waals surface area contributed by atoms with Crippen molar-refractivity contribution in [2.75, 3.05) is 13.1 Å². The van der Waals surface area contributed by atoms with E-state index in [1.807, 2.05) is 6.07 Å². The normalized spacial score (nSPS) is 16.6. The van der Waals surface area contributed by atoms with Crippen LogP contribution >= 0.6 is 0 Å². The van der Waals surface area contributed by atoms with Gasteiger partial charge in [0.05, 0.1) is 0 Å². The van der Waals surface area contributed by atoms with E-state index >= 15 is 0 Å². The Morgan fingerprint density at radius 1 is 1.17 bits per heavy atom. The molecule has 0 saturated carbocycles. The third-order valence-corrected chi connectivity index (χ3v) is 3.13. The fourth-order valence-electron chi connectivity index (χ4n) is 2.29. The van der Waals surface area contributed by atoms with Gasteiger partial charge in [0.2, 0.25) is 0 Å². The second-order valence-electron chi connectivity index (χ2n) is 4.32. The van der Waals surface area contributed by atoms with E-state index in [-0.39, 0.29) is 5.58 Å². The molecule has 0 radical (unpaired) electrons. The van der Waals surface area contributed by atoms with E-state index in [2.05, 4.69) is 10.3 Å². The Kier molecular flexibility index (Phi) is 2.55. The largest absolute Gasteiger partial charge is 0.468 e. The number of fused-ring (bicyclic) bond motifs is 3. The lowest BCUT2D eigenvalue weighted by Crippen LogP contribution is -2.16. The fourth-order valence-corrected chi connectivity index (χ4v) is 2.29. The highest BCUT2D eigenvalue weighted by Crippen LogP contribution is 2.33. The van der Waals surface area contributed by atoms with Gasteiger partial charge in [0.15, 0.2) is 5.58 Å². The van der Waals surface area contributed by atoms with Gasteiger partial charge in [-0.25, -0.2) is 4.98 Å². The summed E-state index contributed by atoms with van der Waals surface area (Å²) in [5.74, 6) is -1.16. The average Bonchev–Trinajstić information content (AvgIpc) is 2.61. The zero-order chi connectivity index (χ0) is 12.8. The van der Waals surface area contributed by atoms with Crippen LogP contribution in [0.1, 0.15) is 17.0 Å². The predicted octanol–water partition coefficient (Wildman–Crippen LogP) is 2.53. The monoisotopic (exact) mass is 256 g/mol. The van der Waals surface area contributed by atoms with E-state index in [4.69, 9.17) is 4.42 Å². The summed E-state index contributed by atoms with van der Waals surface area (Å²) >= 11 is 0. The molecule has 0 aliphatic carbocycles. The van der Waals surface area contributed by atoms with Crippen molar-refractivity contribution in [2.45, 2.75) is 19.0 Å². The lowest BCUT2D eigenvalue weighted by molar-refractivity contribution is -0.156. The maximum absolute atomic E-state index is 12.6. The Hall–Kier alpha value is -1.56. The average molecular weight is 256 g/mol. The van der Waals surface area contributed by atoms with E-state index in [9.17, 15) is 13.2 Å². The molecule has 0 amide bonds. The van der Waals surface area contributed by atoms with Gasteiger partial charge >= 0.3 is 12.1 Å². The lowest BCUT2D eigenvalue weighted by Gasteiger charge is -2.03. The summed E-state index contributed by atoms with van der Waals surface area (Å²) in [5, 5.41) is 3.22. The molecule has 18 heavy (non-hydrogen) atoms. The molecule has 6 heteroatoms. The van der Waals surface area contributed by atoms with Crippen molar-refractivity contribution in [3.8, 4) is 0 Å². The minimum absolute atomic E-state index is 0.211. The summed E-state index contributed by atoms with van der Waals surface area (Å²) in [6.45, 7) is 1.59. The number of nitrogens with zero attached hydrogens (tertiary/aromatic N) is 1. The van der Waals surface area contributed by atoms with Gasteiger partial charge in [0.1, 0.15) is 5.52 Å². The molecule has 2 aromatic rings. The number of benzene rings is 1. The molecular formula is C12H11F3N2O. The van der Waals surface area contributed by atoms with Gasteiger partial charge in [-0.05, 0) is 43.1 Å². The molecule has 1 aliphatic heterocycles. The van der Waals surface area contributed by atoms with E-state index in [1.54, 1.807) is 6.07 Å². The SMILES string of the molecule is FC(F)(F)c1nc2c3c(ccc2o1)CCNCC3. The first-order valence-corrected chi connectivity index (χ1v) is 5.75. The second kappa shape index (κ2) is 3.98. The third-order valence-electron chi connectivity index (χ3n) is 3.13. The maximum atomic E-state index is 12.6. The van der Waals surface area contributed by atoms with Gasteiger partial charge in [-0.3, -0.25) is 0 Å². The van der Waals surface area contributed by atoms with Gasteiger partial charge in [-0.15, -0.1) is 0 Å². The zero-order valence-electron chi connectivity index (χ0n) is 9.47. The highest BCUT2D eigenvalue weighted by Gasteiger charge is 2.37. The fraction of sp³-hybridized carbons (Fsp3) is 0.417. The molecule has 0 saturated heterocycles. The molecule has 0 bridgehead atoms. The summed E-state index contributed by atoms with van der Waals surface area (Å²) in [6.07, 6.45) is -3.05. The molecule has 1 aromatic heterocycles. The first kappa shape index (κ1) is 11.5. The van der Waals surface area contributed by atoms with Crippen molar-refractivity contribution in [3.05, 3.63) is 29.2 Å². The number of rotatable bonds is 0. The molecular weight excluding hydrogens is 245 g/mol. The van der Waals surface area contributed by atoms with Crippen molar-refractivity contribution in [2.24, 2.45) is 0 Å². The van der Waals surface area contributed by atoms with Crippen LogP contribution in [0.3, 0.4) is 0 Å². The molecule has 2 heterocycles. The van der Waals surface area contributed by atoms with Gasteiger partial charge in [-0.2, -0.15) is 13.2 Å². The summed E-state index contributed by atoms with van der Waals surface area (Å²) in [5.41, 5.74) is 2.48. The van der Waals surface area contributed by atoms with Crippen molar-refractivity contribution in [3.63, 3.8) is 0 Å². The Labute approximate surface area is 101 Å². The number of halogens is 3. The predicted molar refractivity (Wildman–Crippen MR) is 59.3 cm³/mol. The van der Waals surface area contributed by atoms with E-state index < -0.39 is 12.1 Å². The van der Waals surface area contributed by atoms with Gasteiger partial charge in [-0.1, -0.05) is 6.07 Å². The third kappa shape index (κ3) is 1.86. The number of alkyl halides is 3. The quantitative estimate of drug-likeness (QED) is 0.787. The van der Waals surface area contributed by atoms with Crippen LogP contribution in [0.5, 0.6) is 0 Å². The van der Waals surface area contributed by atoms with Crippen LogP contribution in [0.15, 0.2) is 16.5 Å². The van der Waals surface area contributed by atoms with Crippen LogP contribution in [0.4, 0.5) is 13.2 Å². The topological polar surface area (TPSA) is 38.1 Å². The molecule has 0 atom stereocenters. The minimum atomic E-state index is -4.53. The molecule has 0 spiro atoms. The molecule has 3 nitrogen and oxygen atoms in total. The van der Waals surface area contributed by atoms with Crippen molar-refractivity contribution in [1.29, 1.82) is 0 Å². The van der Waals surface area contributed by atoms with Crippen LogP contribution in [0.2, 0.25) is 0 Å². The van der Waals surface area contributed by atoms with E-state index in [0.29, 0.717) is 11.9 Å². The van der Waals surface area contributed by atoms with Gasteiger partial charge in [0.25, 0.3) is 0 Å². The Morgan fingerprint density at radius 2 is 1.94 bits per heavy atom. The van der Waals surface area contributed by atoms with Crippen molar-refractivity contribution < 1.29 is 17.6 Å². The molecule has 0 unspecified atom stereocenters. The molecule has 1 aromatic carbocycles.